The molecule has 94 heavy (non-hydrogen) atoms. The van der Waals surface area contributed by atoms with Gasteiger partial charge in [-0.1, -0.05) is 243 Å². The minimum absolute atomic E-state index is 0.0112. The fourth-order valence-electron chi connectivity index (χ4n) is 15.4. The van der Waals surface area contributed by atoms with Crippen LogP contribution in [-0.4, -0.2) is 29.1 Å². The van der Waals surface area contributed by atoms with E-state index in [0.29, 0.717) is 11.6 Å². The summed E-state index contributed by atoms with van der Waals surface area (Å²) in [7, 11) is 0. The molecule has 4 heterocycles. The standard InChI is InChI=1S/C88H56N6/c1-5-23-55(24-6-1)87-89-75(59-29-19-27-57(49-59)65-39-21-43-81-85(65)71-37-15-17-41-79(71)93(81)63-31-9-3-10-32-63)53-77(91-87)61-45-47-69-73(51-61)83-67-35-13-14-36-68(67)84(69)74-52-62(46-48-70(74)83)78-54-76(90-88(92-78)56-25-7-2-8-26-56)60-30-20-28-58(50-60)66-40-22-44-82-86(66)72-38-16-18-42-80(72)94(82)64-33-11-4-12-34-64/h1-54,83-84H. The van der Waals surface area contributed by atoms with Crippen molar-refractivity contribution >= 4 is 43.6 Å². The van der Waals surface area contributed by atoms with E-state index in [9.17, 15) is 0 Å². The lowest BCUT2D eigenvalue weighted by Gasteiger charge is -2.42. The maximum absolute atomic E-state index is 5.42. The van der Waals surface area contributed by atoms with Crippen LogP contribution in [-0.2, 0) is 0 Å². The van der Waals surface area contributed by atoms with Crippen molar-refractivity contribution in [2.24, 2.45) is 0 Å². The predicted octanol–water partition coefficient (Wildman–Crippen LogP) is 21.8. The highest BCUT2D eigenvalue weighted by molar-refractivity contribution is 6.17. The van der Waals surface area contributed by atoms with Crippen molar-refractivity contribution in [3.8, 4) is 101 Å². The smallest absolute Gasteiger partial charge is 0.160 e. The van der Waals surface area contributed by atoms with E-state index in [1.165, 1.54) is 88.1 Å². The maximum Gasteiger partial charge on any atom is 0.160 e. The van der Waals surface area contributed by atoms with Crippen LogP contribution >= 0.6 is 0 Å². The second kappa shape index (κ2) is 21.7. The SMILES string of the molecule is c1ccc(-c2nc(-c3cccc(-c4cccc5c4c4ccccc4n5-c4ccccc4)c3)cc(-c3ccc4c(c3)C3c5ccccc5C4c4cc(-c5cc(-c6cccc(-c7cccc8c7c7ccccc7n8-c7ccccc7)c6)nc(-c6ccccc6)n5)ccc43)n2)cc1. The van der Waals surface area contributed by atoms with Crippen LogP contribution in [0.2, 0.25) is 0 Å². The second-order valence-electron chi connectivity index (χ2n) is 24.8. The van der Waals surface area contributed by atoms with Gasteiger partial charge in [-0.3, -0.25) is 0 Å². The molecule has 0 aliphatic heterocycles. The molecule has 4 aromatic heterocycles. The van der Waals surface area contributed by atoms with Crippen LogP contribution in [0.25, 0.3) is 145 Å². The highest BCUT2D eigenvalue weighted by Gasteiger charge is 2.41. The lowest BCUT2D eigenvalue weighted by molar-refractivity contribution is 0.755. The average Bonchev–Trinajstić information content (AvgIpc) is 0.977. The maximum atomic E-state index is 5.42. The normalized spacial score (nSPS) is 13.7. The Balaban J connectivity index is 0.708. The van der Waals surface area contributed by atoms with Crippen molar-refractivity contribution in [2.75, 3.05) is 0 Å². The van der Waals surface area contributed by atoms with Gasteiger partial charge in [0.25, 0.3) is 0 Å². The lowest BCUT2D eigenvalue weighted by atomic mass is 9.60. The molecule has 0 radical (unpaired) electrons. The molecule has 13 aromatic carbocycles. The predicted molar refractivity (Wildman–Crippen MR) is 385 cm³/mol. The quantitative estimate of drug-likeness (QED) is 0.137. The number of hydrogen-bond acceptors (Lipinski definition) is 4. The summed E-state index contributed by atoms with van der Waals surface area (Å²) in [6.45, 7) is 0. The number of benzene rings is 13. The Labute approximate surface area is 543 Å². The summed E-state index contributed by atoms with van der Waals surface area (Å²) in [5.41, 5.74) is 29.1. The molecular formula is C88H56N6. The molecule has 3 aliphatic carbocycles. The van der Waals surface area contributed by atoms with Crippen LogP contribution < -0.4 is 0 Å². The van der Waals surface area contributed by atoms with Crippen molar-refractivity contribution in [1.82, 2.24) is 29.1 Å². The van der Waals surface area contributed by atoms with Crippen molar-refractivity contribution < 1.29 is 0 Å². The lowest BCUT2D eigenvalue weighted by Crippen LogP contribution is -2.27. The Hall–Kier alpha value is -12.4. The number of hydrogen-bond donors (Lipinski definition) is 0. The molecule has 17 aromatic rings. The summed E-state index contributed by atoms with van der Waals surface area (Å²) in [5, 5.41) is 4.89. The first-order valence-corrected chi connectivity index (χ1v) is 32.2. The molecule has 6 nitrogen and oxygen atoms in total. The number of nitrogens with zero attached hydrogens (tertiary/aromatic N) is 6. The third kappa shape index (κ3) is 8.64. The summed E-state index contributed by atoms with van der Waals surface area (Å²) in [6, 6.07) is 118. The number of fused-ring (bicyclic) bond motifs is 6. The topological polar surface area (TPSA) is 61.4 Å². The fourth-order valence-corrected chi connectivity index (χ4v) is 15.4. The van der Waals surface area contributed by atoms with Gasteiger partial charge in [-0.15, -0.1) is 0 Å². The molecule has 20 rings (SSSR count). The summed E-state index contributed by atoms with van der Waals surface area (Å²) in [6.07, 6.45) is 0. The summed E-state index contributed by atoms with van der Waals surface area (Å²) < 4.78 is 4.76. The van der Waals surface area contributed by atoms with E-state index in [2.05, 4.69) is 325 Å². The van der Waals surface area contributed by atoms with Gasteiger partial charge in [-0.05, 0) is 141 Å². The van der Waals surface area contributed by atoms with Crippen LogP contribution in [0.5, 0.6) is 0 Å². The first kappa shape index (κ1) is 53.5. The first-order chi connectivity index (χ1) is 46.6. The monoisotopic (exact) mass is 1200 g/mol. The third-order valence-electron chi connectivity index (χ3n) is 19.5. The Morgan fingerprint density at radius 1 is 0.213 bits per heavy atom. The molecular weight excluding hydrogens is 1140 g/mol. The third-order valence-corrected chi connectivity index (χ3v) is 19.5. The van der Waals surface area contributed by atoms with Gasteiger partial charge in [-0.2, -0.15) is 0 Å². The molecule has 0 N–H and O–H groups in total. The van der Waals surface area contributed by atoms with E-state index in [-0.39, 0.29) is 11.8 Å². The van der Waals surface area contributed by atoms with Crippen LogP contribution in [0.4, 0.5) is 0 Å². The molecule has 438 valence electrons. The van der Waals surface area contributed by atoms with E-state index in [1.54, 1.807) is 0 Å². The molecule has 0 saturated carbocycles. The summed E-state index contributed by atoms with van der Waals surface area (Å²) >= 11 is 0. The van der Waals surface area contributed by atoms with Gasteiger partial charge in [0, 0.05) is 78.1 Å². The van der Waals surface area contributed by atoms with Crippen LogP contribution in [0.15, 0.2) is 328 Å². The molecule has 0 fully saturated rings. The Bertz CT molecular complexity index is 5510. The van der Waals surface area contributed by atoms with Crippen LogP contribution in [0.3, 0.4) is 0 Å². The molecule has 0 spiro atoms. The van der Waals surface area contributed by atoms with Gasteiger partial charge >= 0.3 is 0 Å². The van der Waals surface area contributed by atoms with Crippen molar-refractivity contribution in [3.05, 3.63) is 361 Å². The van der Waals surface area contributed by atoms with Crippen molar-refractivity contribution in [1.29, 1.82) is 0 Å². The number of aromatic nitrogens is 6. The fraction of sp³-hybridized carbons (Fsp3) is 0.0227. The molecule has 2 bridgehead atoms. The van der Waals surface area contributed by atoms with Crippen molar-refractivity contribution in [2.45, 2.75) is 11.8 Å². The summed E-state index contributed by atoms with van der Waals surface area (Å²) in [5.74, 6) is 1.39. The van der Waals surface area contributed by atoms with Crippen LogP contribution in [0, 0.1) is 0 Å². The molecule has 6 heteroatoms. The van der Waals surface area contributed by atoms with Crippen molar-refractivity contribution in [3.63, 3.8) is 0 Å². The van der Waals surface area contributed by atoms with Gasteiger partial charge in [-0.25, -0.2) is 19.9 Å². The first-order valence-electron chi connectivity index (χ1n) is 32.2. The van der Waals surface area contributed by atoms with E-state index in [4.69, 9.17) is 19.9 Å². The molecule has 2 unspecified atom stereocenters. The second-order valence-corrected chi connectivity index (χ2v) is 24.8. The largest absolute Gasteiger partial charge is 0.309 e. The van der Waals surface area contributed by atoms with Gasteiger partial charge in [0.05, 0.1) is 44.8 Å². The van der Waals surface area contributed by atoms with E-state index in [0.717, 1.165) is 78.7 Å². The van der Waals surface area contributed by atoms with E-state index in [1.807, 2.05) is 12.1 Å². The minimum Gasteiger partial charge on any atom is -0.309 e. The molecule has 3 aliphatic rings. The molecule has 0 saturated heterocycles. The van der Waals surface area contributed by atoms with E-state index < -0.39 is 0 Å². The average molecular weight is 1200 g/mol. The Morgan fingerprint density at radius 3 is 0.957 bits per heavy atom. The highest BCUT2D eigenvalue weighted by atomic mass is 15.0. The van der Waals surface area contributed by atoms with E-state index >= 15 is 0 Å². The zero-order chi connectivity index (χ0) is 61.8. The highest BCUT2D eigenvalue weighted by Crippen LogP contribution is 2.57. The van der Waals surface area contributed by atoms with Gasteiger partial charge in [0.2, 0.25) is 0 Å². The molecule has 2 atom stereocenters. The number of para-hydroxylation sites is 4. The number of rotatable bonds is 10. The van der Waals surface area contributed by atoms with Crippen LogP contribution in [0.1, 0.15) is 45.2 Å². The zero-order valence-electron chi connectivity index (χ0n) is 51.0. The van der Waals surface area contributed by atoms with Gasteiger partial charge < -0.3 is 9.13 Å². The van der Waals surface area contributed by atoms with Gasteiger partial charge in [0.1, 0.15) is 0 Å². The molecule has 0 amide bonds. The Kier molecular flexibility index (Phi) is 12.3. The minimum atomic E-state index is 0.0112. The summed E-state index contributed by atoms with van der Waals surface area (Å²) in [4.78, 5) is 21.6. The van der Waals surface area contributed by atoms with Gasteiger partial charge in [0.15, 0.2) is 11.6 Å². The Morgan fingerprint density at radius 2 is 0.532 bits per heavy atom. The zero-order valence-corrected chi connectivity index (χ0v) is 51.0.